The first-order chi connectivity index (χ1) is 15.5. The van der Waals surface area contributed by atoms with Crippen LogP contribution in [0.1, 0.15) is 29.7 Å². The number of ether oxygens (including phenoxy) is 2. The van der Waals surface area contributed by atoms with Crippen molar-refractivity contribution in [3.63, 3.8) is 0 Å². The molecule has 1 N–H and O–H groups in total. The Hall–Kier alpha value is -2.19. The molecule has 166 valence electrons. The Balaban J connectivity index is 1.39. The van der Waals surface area contributed by atoms with Gasteiger partial charge < -0.3 is 19.5 Å². The molecule has 2 saturated heterocycles. The van der Waals surface area contributed by atoms with Crippen LogP contribution in [-0.4, -0.2) is 53.3 Å². The number of hydrogen-bond acceptors (Lipinski definition) is 6. The average Bonchev–Trinajstić information content (AvgIpc) is 3.41. The molecule has 6 nitrogen and oxygen atoms in total. The Kier molecular flexibility index (Phi) is 4.91. The first-order valence-corrected chi connectivity index (χ1v) is 12.2. The molecule has 0 aliphatic carbocycles. The number of carbonyl (C=O) groups excluding carboxylic acids is 1. The lowest BCUT2D eigenvalue weighted by Crippen LogP contribution is -2.45. The zero-order chi connectivity index (χ0) is 21.9. The summed E-state index contributed by atoms with van der Waals surface area (Å²) >= 11 is 8.01. The van der Waals surface area contributed by atoms with Crippen LogP contribution in [-0.2, 0) is 21.6 Å². The van der Waals surface area contributed by atoms with Crippen molar-refractivity contribution in [3.8, 4) is 16.9 Å². The molecule has 1 aromatic carbocycles. The van der Waals surface area contributed by atoms with E-state index in [0.29, 0.717) is 24.7 Å². The number of aromatic nitrogens is 1. The summed E-state index contributed by atoms with van der Waals surface area (Å²) in [7, 11) is 0. The number of hydrogen-bond donors (Lipinski definition) is 1. The predicted molar refractivity (Wildman–Crippen MR) is 123 cm³/mol. The van der Waals surface area contributed by atoms with Gasteiger partial charge in [-0.1, -0.05) is 11.6 Å². The number of piperidine rings is 1. The molecule has 3 aromatic rings. The van der Waals surface area contributed by atoms with Crippen LogP contribution >= 0.6 is 22.9 Å². The van der Waals surface area contributed by atoms with Crippen molar-refractivity contribution >= 4 is 39.1 Å². The molecule has 3 aliphatic rings. The van der Waals surface area contributed by atoms with Gasteiger partial charge in [-0.25, -0.2) is 0 Å². The van der Waals surface area contributed by atoms with Crippen LogP contribution in [0.2, 0.25) is 5.02 Å². The van der Waals surface area contributed by atoms with Gasteiger partial charge in [0.2, 0.25) is 0 Å². The number of amides is 1. The summed E-state index contributed by atoms with van der Waals surface area (Å²) < 4.78 is 12.5. The molecule has 1 unspecified atom stereocenters. The molecule has 0 saturated carbocycles. The van der Waals surface area contributed by atoms with E-state index in [4.69, 9.17) is 21.1 Å². The number of halogens is 1. The van der Waals surface area contributed by atoms with E-state index in [1.165, 1.54) is 17.8 Å². The third-order valence-electron chi connectivity index (χ3n) is 6.58. The number of carbonyl (C=O) groups is 1. The van der Waals surface area contributed by atoms with Crippen molar-refractivity contribution < 1.29 is 19.4 Å². The molecule has 2 fully saturated rings. The van der Waals surface area contributed by atoms with Crippen LogP contribution in [0, 0.1) is 0 Å². The summed E-state index contributed by atoms with van der Waals surface area (Å²) in [6.07, 6.45) is 5.06. The van der Waals surface area contributed by atoms with Crippen LogP contribution in [0.25, 0.3) is 21.3 Å². The fourth-order valence-electron chi connectivity index (χ4n) is 4.80. The molecule has 2 aromatic heterocycles. The van der Waals surface area contributed by atoms with E-state index >= 15 is 0 Å². The van der Waals surface area contributed by atoms with Crippen molar-refractivity contribution in [3.05, 3.63) is 45.9 Å². The van der Waals surface area contributed by atoms with Crippen molar-refractivity contribution in [2.45, 2.75) is 37.4 Å². The Morgan fingerprint density at radius 3 is 2.75 bits per heavy atom. The smallest absolute Gasteiger partial charge is 0.263 e. The van der Waals surface area contributed by atoms with Gasteiger partial charge in [0, 0.05) is 52.3 Å². The lowest BCUT2D eigenvalue weighted by atomic mass is 9.99. The number of pyridine rings is 1. The number of fused-ring (bicyclic) bond motifs is 2. The fourth-order valence-corrected chi connectivity index (χ4v) is 6.24. The Labute approximate surface area is 194 Å². The highest BCUT2D eigenvalue weighted by Crippen LogP contribution is 2.46. The van der Waals surface area contributed by atoms with Crippen LogP contribution < -0.4 is 4.74 Å². The number of benzene rings is 1. The number of thiophene rings is 1. The molecular weight excluding hydrogens is 448 g/mol. The SMILES string of the molecule is O=C(C1Cc2cc(Cl)cc(-c3ccnc4cc(C5(O)COC5)sc34)c2O1)N1CCCCC1. The summed E-state index contributed by atoms with van der Waals surface area (Å²) in [4.78, 5) is 20.4. The maximum atomic E-state index is 13.1. The van der Waals surface area contributed by atoms with E-state index in [1.54, 1.807) is 6.20 Å². The lowest BCUT2D eigenvalue weighted by Gasteiger charge is -2.35. The minimum atomic E-state index is -0.943. The molecular formula is C24H23ClN2O4S. The van der Waals surface area contributed by atoms with Gasteiger partial charge in [0.1, 0.15) is 11.4 Å². The van der Waals surface area contributed by atoms with Crippen LogP contribution in [0.3, 0.4) is 0 Å². The number of likely N-dealkylation sites (tertiary alicyclic amines) is 1. The molecule has 0 spiro atoms. The second kappa shape index (κ2) is 7.70. The van der Waals surface area contributed by atoms with Gasteiger partial charge in [0.15, 0.2) is 6.10 Å². The molecule has 6 rings (SSSR count). The summed E-state index contributed by atoms with van der Waals surface area (Å²) in [6, 6.07) is 7.67. The monoisotopic (exact) mass is 470 g/mol. The van der Waals surface area contributed by atoms with Crippen molar-refractivity contribution in [2.75, 3.05) is 26.3 Å². The zero-order valence-corrected chi connectivity index (χ0v) is 19.0. The van der Waals surface area contributed by atoms with E-state index in [-0.39, 0.29) is 5.91 Å². The topological polar surface area (TPSA) is 71.9 Å². The highest BCUT2D eigenvalue weighted by molar-refractivity contribution is 7.19. The largest absolute Gasteiger partial charge is 0.479 e. The average molecular weight is 471 g/mol. The summed E-state index contributed by atoms with van der Waals surface area (Å²) in [5.74, 6) is 0.784. The second-order valence-electron chi connectivity index (χ2n) is 8.85. The van der Waals surface area contributed by atoms with Gasteiger partial charge >= 0.3 is 0 Å². The standard InChI is InChI=1S/C24H23ClN2O4S/c25-15-8-14-9-19(23(28)27-6-2-1-3-7-27)31-21(14)17(10-15)16-4-5-26-18-11-20(32-22(16)18)24(29)12-30-13-24/h4-5,8,10-11,19,29H,1-3,6-7,9,12-13H2. The van der Waals surface area contributed by atoms with Crippen LogP contribution in [0.5, 0.6) is 5.75 Å². The van der Waals surface area contributed by atoms with Gasteiger partial charge in [0.05, 0.1) is 23.4 Å². The fraction of sp³-hybridized carbons (Fsp3) is 0.417. The van der Waals surface area contributed by atoms with Gasteiger partial charge in [0.25, 0.3) is 5.91 Å². The number of rotatable bonds is 3. The molecule has 1 amide bonds. The molecule has 5 heterocycles. The van der Waals surface area contributed by atoms with Gasteiger partial charge in [-0.15, -0.1) is 11.3 Å². The van der Waals surface area contributed by atoms with Crippen LogP contribution in [0.15, 0.2) is 30.5 Å². The minimum absolute atomic E-state index is 0.0634. The third-order valence-corrected chi connectivity index (χ3v) is 8.15. The highest BCUT2D eigenvalue weighted by Gasteiger charge is 2.40. The van der Waals surface area contributed by atoms with Gasteiger partial charge in [-0.3, -0.25) is 9.78 Å². The van der Waals surface area contributed by atoms with Crippen molar-refractivity contribution in [2.24, 2.45) is 0 Å². The lowest BCUT2D eigenvalue weighted by molar-refractivity contribution is -0.182. The minimum Gasteiger partial charge on any atom is -0.479 e. The molecule has 1 atom stereocenters. The molecule has 32 heavy (non-hydrogen) atoms. The predicted octanol–water partition coefficient (Wildman–Crippen LogP) is 4.15. The van der Waals surface area contributed by atoms with Gasteiger partial charge in [-0.05, 0) is 43.5 Å². The van der Waals surface area contributed by atoms with Crippen molar-refractivity contribution in [1.29, 1.82) is 0 Å². The summed E-state index contributed by atoms with van der Waals surface area (Å²) in [5, 5.41) is 11.3. The first-order valence-electron chi connectivity index (χ1n) is 11.0. The van der Waals surface area contributed by atoms with Gasteiger partial charge in [-0.2, -0.15) is 0 Å². The molecule has 0 radical (unpaired) electrons. The molecule has 8 heteroatoms. The van der Waals surface area contributed by atoms with E-state index in [1.807, 2.05) is 29.2 Å². The Bertz CT molecular complexity index is 1220. The van der Waals surface area contributed by atoms with E-state index < -0.39 is 11.7 Å². The first kappa shape index (κ1) is 20.4. The summed E-state index contributed by atoms with van der Waals surface area (Å²) in [5.41, 5.74) is 2.63. The number of aliphatic hydroxyl groups is 1. The highest BCUT2D eigenvalue weighted by atomic mass is 35.5. The molecule has 0 bridgehead atoms. The molecule has 3 aliphatic heterocycles. The number of nitrogens with zero attached hydrogens (tertiary/aromatic N) is 2. The zero-order valence-electron chi connectivity index (χ0n) is 17.5. The van der Waals surface area contributed by atoms with Crippen LogP contribution in [0.4, 0.5) is 0 Å². The quantitative estimate of drug-likeness (QED) is 0.622. The third kappa shape index (κ3) is 3.30. The maximum Gasteiger partial charge on any atom is 0.263 e. The maximum absolute atomic E-state index is 13.1. The second-order valence-corrected chi connectivity index (χ2v) is 10.3. The van der Waals surface area contributed by atoms with E-state index in [2.05, 4.69) is 4.98 Å². The Morgan fingerprint density at radius 2 is 2.00 bits per heavy atom. The normalized spacial score (nSPS) is 21.8. The van der Waals surface area contributed by atoms with E-state index in [0.717, 1.165) is 63.5 Å². The summed E-state index contributed by atoms with van der Waals surface area (Å²) in [6.45, 7) is 2.20. The van der Waals surface area contributed by atoms with Crippen molar-refractivity contribution in [1.82, 2.24) is 9.88 Å². The van der Waals surface area contributed by atoms with E-state index in [9.17, 15) is 9.90 Å². The Morgan fingerprint density at radius 1 is 1.19 bits per heavy atom.